The number of aliphatic hydroxyl groups is 1. The molecule has 10 atom stereocenters. The molecule has 0 aromatic carbocycles. The lowest BCUT2D eigenvalue weighted by atomic mass is 10.00. The minimum Gasteiger partial charge on any atom is -0.393 e. The van der Waals surface area contributed by atoms with Crippen LogP contribution in [0.3, 0.4) is 0 Å². The second-order valence-electron chi connectivity index (χ2n) is 7.72. The van der Waals surface area contributed by atoms with Crippen LogP contribution in [-0.2, 0) is 0 Å². The average Bonchev–Trinajstić information content (AvgIpc) is 2.92. The van der Waals surface area contributed by atoms with Gasteiger partial charge >= 0.3 is 0 Å². The Morgan fingerprint density at radius 2 is 2.00 bits per heavy atom. The Kier molecular flexibility index (Phi) is 5.05. The summed E-state index contributed by atoms with van der Waals surface area (Å²) in [6.45, 7) is 2.27. The molecule has 2 aliphatic heterocycles. The van der Waals surface area contributed by atoms with Crippen molar-refractivity contribution < 1.29 is 5.11 Å². The summed E-state index contributed by atoms with van der Waals surface area (Å²) in [5.74, 6) is 9.68. The van der Waals surface area contributed by atoms with E-state index in [9.17, 15) is 5.11 Å². The standard InChI is InChI=1S/C17H27ClN4OS/c1-8-4-5-24-13(8)3-2-10-15(18)21-17(19)22-16(10)20-9-6-11-12(7-9)14(11)23/h8-17,20-23H,4-7,19H2,1H3/t8?,9?,10?,11-,12?,13?,14?,15?,16?,17?/m0/s1. The van der Waals surface area contributed by atoms with Gasteiger partial charge in [-0.15, -0.1) is 23.4 Å². The quantitative estimate of drug-likeness (QED) is 0.275. The molecule has 2 heterocycles. The first-order chi connectivity index (χ1) is 11.5. The first-order valence-electron chi connectivity index (χ1n) is 9.01. The average molecular weight is 371 g/mol. The zero-order valence-corrected chi connectivity index (χ0v) is 15.5. The SMILES string of the molecule is CC1CCSC1C#CC1C(Cl)NC(N)NC1NC1CC2C(O)[C@H]2C1. The fourth-order valence-corrected chi connectivity index (χ4v) is 6.08. The van der Waals surface area contributed by atoms with Crippen LogP contribution in [0.15, 0.2) is 0 Å². The van der Waals surface area contributed by atoms with E-state index in [-0.39, 0.29) is 30.0 Å². The summed E-state index contributed by atoms with van der Waals surface area (Å²) >= 11 is 8.47. The number of hydrogen-bond donors (Lipinski definition) is 5. The number of nitrogens with two attached hydrogens (primary N) is 1. The first-order valence-corrected chi connectivity index (χ1v) is 10.5. The number of halogens is 1. The van der Waals surface area contributed by atoms with Gasteiger partial charge in [0.15, 0.2) is 0 Å². The van der Waals surface area contributed by atoms with Crippen molar-refractivity contribution in [2.75, 3.05) is 5.75 Å². The van der Waals surface area contributed by atoms with E-state index in [1.807, 2.05) is 11.8 Å². The number of alkyl halides is 1. The molecule has 7 heteroatoms. The van der Waals surface area contributed by atoms with Crippen molar-refractivity contribution in [3.8, 4) is 11.8 Å². The van der Waals surface area contributed by atoms with Crippen LogP contribution in [0.2, 0.25) is 0 Å². The van der Waals surface area contributed by atoms with Crippen LogP contribution in [0.1, 0.15) is 26.2 Å². The molecule has 0 radical (unpaired) electrons. The predicted octanol–water partition coefficient (Wildman–Crippen LogP) is 0.433. The Labute approximate surface area is 153 Å². The summed E-state index contributed by atoms with van der Waals surface area (Å²) in [5.41, 5.74) is 5.74. The Morgan fingerprint density at radius 1 is 1.25 bits per heavy atom. The molecule has 4 rings (SSSR count). The monoisotopic (exact) mass is 370 g/mol. The molecule has 2 aliphatic carbocycles. The molecular weight excluding hydrogens is 344 g/mol. The van der Waals surface area contributed by atoms with Crippen LogP contribution in [0.5, 0.6) is 0 Å². The molecule has 2 saturated heterocycles. The lowest BCUT2D eigenvalue weighted by Crippen LogP contribution is -2.69. The fraction of sp³-hybridized carbons (Fsp3) is 0.882. The molecule has 4 aliphatic rings. The number of thioether (sulfide) groups is 1. The lowest BCUT2D eigenvalue weighted by molar-refractivity contribution is 0.178. The molecule has 134 valence electrons. The van der Waals surface area contributed by atoms with Crippen molar-refractivity contribution in [2.24, 2.45) is 29.4 Å². The highest BCUT2D eigenvalue weighted by molar-refractivity contribution is 8.00. The van der Waals surface area contributed by atoms with Crippen LogP contribution in [0, 0.1) is 35.5 Å². The van der Waals surface area contributed by atoms with Crippen molar-refractivity contribution in [1.82, 2.24) is 16.0 Å². The Hall–Kier alpha value is -0.0000000000000000694. The van der Waals surface area contributed by atoms with Crippen molar-refractivity contribution in [3.05, 3.63) is 0 Å². The molecule has 5 nitrogen and oxygen atoms in total. The Balaban J connectivity index is 1.42. The van der Waals surface area contributed by atoms with E-state index >= 15 is 0 Å². The molecule has 9 unspecified atom stereocenters. The minimum atomic E-state index is -0.329. The summed E-state index contributed by atoms with van der Waals surface area (Å²) in [4.78, 5) is 0. The molecule has 6 N–H and O–H groups in total. The van der Waals surface area contributed by atoms with Crippen molar-refractivity contribution in [3.63, 3.8) is 0 Å². The van der Waals surface area contributed by atoms with Gasteiger partial charge in [0.1, 0.15) is 11.8 Å². The molecule has 0 amide bonds. The maximum atomic E-state index is 9.72. The third-order valence-electron chi connectivity index (χ3n) is 5.97. The third-order valence-corrected chi connectivity index (χ3v) is 7.78. The summed E-state index contributed by atoms with van der Waals surface area (Å²) in [7, 11) is 0. The van der Waals surface area contributed by atoms with Gasteiger partial charge in [0, 0.05) is 6.04 Å². The highest BCUT2D eigenvalue weighted by atomic mass is 35.5. The fourth-order valence-electron chi connectivity index (χ4n) is 4.35. The lowest BCUT2D eigenvalue weighted by Gasteiger charge is -2.39. The summed E-state index contributed by atoms with van der Waals surface area (Å²) in [5, 5.41) is 20.3. The van der Waals surface area contributed by atoms with Gasteiger partial charge in [-0.05, 0) is 42.8 Å². The van der Waals surface area contributed by atoms with Gasteiger partial charge in [-0.1, -0.05) is 18.8 Å². The smallest absolute Gasteiger partial charge is 0.111 e. The van der Waals surface area contributed by atoms with Crippen LogP contribution in [0.4, 0.5) is 0 Å². The largest absolute Gasteiger partial charge is 0.393 e. The predicted molar refractivity (Wildman–Crippen MR) is 98.1 cm³/mol. The molecular formula is C17H27ClN4OS. The maximum Gasteiger partial charge on any atom is 0.111 e. The van der Waals surface area contributed by atoms with Crippen molar-refractivity contribution in [1.29, 1.82) is 0 Å². The summed E-state index contributed by atoms with van der Waals surface area (Å²) < 4.78 is 0. The van der Waals surface area contributed by atoms with Gasteiger partial charge in [-0.25, -0.2) is 0 Å². The normalized spacial score (nSPS) is 53.3. The molecule has 2 saturated carbocycles. The van der Waals surface area contributed by atoms with Gasteiger partial charge in [0.25, 0.3) is 0 Å². The molecule has 24 heavy (non-hydrogen) atoms. The summed E-state index contributed by atoms with van der Waals surface area (Å²) in [6.07, 6.45) is 2.91. The molecule has 0 bridgehead atoms. The van der Waals surface area contributed by atoms with E-state index in [4.69, 9.17) is 17.3 Å². The van der Waals surface area contributed by atoms with Crippen LogP contribution < -0.4 is 21.7 Å². The first kappa shape index (κ1) is 17.4. The second kappa shape index (κ2) is 6.96. The Morgan fingerprint density at radius 3 is 2.67 bits per heavy atom. The topological polar surface area (TPSA) is 82.3 Å². The molecule has 0 aromatic heterocycles. The van der Waals surface area contributed by atoms with E-state index in [1.165, 1.54) is 12.2 Å². The van der Waals surface area contributed by atoms with Gasteiger partial charge < -0.3 is 10.8 Å². The van der Waals surface area contributed by atoms with E-state index in [1.54, 1.807) is 0 Å². The highest BCUT2D eigenvalue weighted by Crippen LogP contribution is 2.52. The summed E-state index contributed by atoms with van der Waals surface area (Å²) in [6, 6.07) is 0.416. The molecule has 4 fully saturated rings. The third kappa shape index (κ3) is 3.45. The number of fused-ring (bicyclic) bond motifs is 1. The van der Waals surface area contributed by atoms with Crippen LogP contribution >= 0.6 is 23.4 Å². The van der Waals surface area contributed by atoms with Crippen LogP contribution in [-0.4, -0.2) is 46.2 Å². The van der Waals surface area contributed by atoms with E-state index in [0.29, 0.717) is 29.0 Å². The maximum absolute atomic E-state index is 9.72. The van der Waals surface area contributed by atoms with E-state index in [2.05, 4.69) is 34.7 Å². The van der Waals surface area contributed by atoms with Gasteiger partial charge in [-0.3, -0.25) is 16.0 Å². The van der Waals surface area contributed by atoms with Gasteiger partial charge in [0.05, 0.1) is 23.4 Å². The molecule has 0 spiro atoms. The second-order valence-corrected chi connectivity index (χ2v) is 9.44. The Bertz CT molecular complexity index is 528. The zero-order chi connectivity index (χ0) is 16.8. The number of rotatable bonds is 2. The number of aliphatic hydroxyl groups excluding tert-OH is 1. The highest BCUT2D eigenvalue weighted by Gasteiger charge is 2.55. The number of hydrogen-bond acceptors (Lipinski definition) is 6. The minimum absolute atomic E-state index is 0.0161. The van der Waals surface area contributed by atoms with Gasteiger partial charge in [-0.2, -0.15) is 0 Å². The van der Waals surface area contributed by atoms with Crippen LogP contribution in [0.25, 0.3) is 0 Å². The zero-order valence-electron chi connectivity index (χ0n) is 13.9. The van der Waals surface area contributed by atoms with Gasteiger partial charge in [0.2, 0.25) is 0 Å². The molecule has 0 aromatic rings. The van der Waals surface area contributed by atoms with E-state index < -0.39 is 0 Å². The number of nitrogens with one attached hydrogen (secondary N) is 3. The van der Waals surface area contributed by atoms with E-state index in [0.717, 1.165) is 12.8 Å². The van der Waals surface area contributed by atoms with Crippen molar-refractivity contribution in [2.45, 2.75) is 61.5 Å². The van der Waals surface area contributed by atoms with Crippen molar-refractivity contribution >= 4 is 23.4 Å².